The molecule has 214 valence electrons. The highest BCUT2D eigenvalue weighted by Crippen LogP contribution is 2.38. The van der Waals surface area contributed by atoms with Crippen LogP contribution in [0.5, 0.6) is 40.2 Å². The van der Waals surface area contributed by atoms with Crippen LogP contribution in [0.1, 0.15) is 10.4 Å². The number of carbonyl (C=O) groups is 1. The number of carbonyl (C=O) groups excluding carboxylic acids is 1. The lowest BCUT2D eigenvalue weighted by Crippen LogP contribution is -2.56. The van der Waals surface area contributed by atoms with Gasteiger partial charge in [0.25, 0.3) is 0 Å². The molecule has 1 aliphatic heterocycles. The first-order valence-electron chi connectivity index (χ1n) is 11.9. The second-order valence-corrected chi connectivity index (χ2v) is 9.08. The molecule has 3 aromatic carbocycles. The summed E-state index contributed by atoms with van der Waals surface area (Å²) in [5.41, 5.74) is -1.43. The predicted molar refractivity (Wildman–Crippen MR) is 136 cm³/mol. The van der Waals surface area contributed by atoms with Gasteiger partial charge in [0.1, 0.15) is 40.4 Å². The van der Waals surface area contributed by atoms with Crippen molar-refractivity contribution < 1.29 is 64.3 Å². The van der Waals surface area contributed by atoms with Crippen molar-refractivity contribution in [2.45, 2.75) is 24.6 Å². The molecule has 14 nitrogen and oxygen atoms in total. The van der Waals surface area contributed by atoms with E-state index in [1.54, 1.807) is 0 Å². The molecule has 1 saturated heterocycles. The van der Waals surface area contributed by atoms with Crippen LogP contribution in [0.25, 0.3) is 22.3 Å². The minimum atomic E-state index is -1.81. The van der Waals surface area contributed by atoms with E-state index >= 15 is 0 Å². The molecule has 0 bridgehead atoms. The van der Waals surface area contributed by atoms with Crippen molar-refractivity contribution in [1.82, 2.24) is 0 Å². The molecule has 1 aromatic heterocycles. The fourth-order valence-corrected chi connectivity index (χ4v) is 4.20. The molecule has 41 heavy (non-hydrogen) atoms. The topological polar surface area (TPSA) is 237 Å². The van der Waals surface area contributed by atoms with Crippen molar-refractivity contribution in [3.05, 3.63) is 64.3 Å². The van der Waals surface area contributed by atoms with E-state index in [1.165, 1.54) is 24.3 Å². The molecule has 14 heteroatoms. The van der Waals surface area contributed by atoms with Gasteiger partial charge in [-0.3, -0.25) is 4.79 Å². The maximum atomic E-state index is 13.6. The molecule has 0 saturated carbocycles. The Kier molecular flexibility index (Phi) is 6.96. The van der Waals surface area contributed by atoms with Gasteiger partial charge in [-0.15, -0.1) is 0 Å². The monoisotopic (exact) mass is 570 g/mol. The predicted octanol–water partition coefficient (Wildman–Crippen LogP) is 1.38. The molecule has 8 N–H and O–H groups in total. The number of esters is 1. The SMILES string of the molecule is O=C(O[C@H]1[C@H](Oc2c(-c3ccc(O)cc3)oc3cc(O)cc(O)c3c2=O)OC[C@H](O)[C@@H]1O)c1cc(O)c(O)c(O)c1. The van der Waals surface area contributed by atoms with E-state index in [0.29, 0.717) is 0 Å². The summed E-state index contributed by atoms with van der Waals surface area (Å²) in [5, 5.41) is 79.4. The standard InChI is InChI=1S/C27H22O14/c28-12-3-1-10(2-4-12)23-24(22(36)19-14(30)7-13(29)8-18(19)39-23)41-27-25(21(35)17(33)9-38-27)40-26(37)11-5-15(31)20(34)16(32)6-11/h1-8,17,21,25,27-35H,9H2/t17-,21-,25+,27-/m0/s1. The number of aromatic hydroxyl groups is 6. The maximum absolute atomic E-state index is 13.6. The first kappa shape index (κ1) is 27.4. The highest BCUT2D eigenvalue weighted by Gasteiger charge is 2.44. The van der Waals surface area contributed by atoms with Crippen LogP contribution in [-0.4, -0.2) is 78.0 Å². The molecule has 0 spiro atoms. The Bertz CT molecular complexity index is 1670. The summed E-state index contributed by atoms with van der Waals surface area (Å²) in [6.45, 7) is -0.521. The van der Waals surface area contributed by atoms with Gasteiger partial charge in [0, 0.05) is 17.7 Å². The minimum absolute atomic E-state index is 0.111. The molecule has 4 aromatic rings. The van der Waals surface area contributed by atoms with Crippen molar-refractivity contribution in [2.24, 2.45) is 0 Å². The van der Waals surface area contributed by atoms with Gasteiger partial charge in [-0.1, -0.05) is 0 Å². The summed E-state index contributed by atoms with van der Waals surface area (Å²) < 4.78 is 22.3. The second-order valence-electron chi connectivity index (χ2n) is 9.08. The van der Waals surface area contributed by atoms with Crippen LogP contribution in [0.15, 0.2) is 57.7 Å². The van der Waals surface area contributed by atoms with E-state index in [-0.39, 0.29) is 28.0 Å². The molecule has 0 radical (unpaired) electrons. The molecule has 0 unspecified atom stereocenters. The lowest BCUT2D eigenvalue weighted by molar-refractivity contribution is -0.241. The Balaban J connectivity index is 1.58. The molecular formula is C27H22O14. The first-order chi connectivity index (χ1) is 19.4. The summed E-state index contributed by atoms with van der Waals surface area (Å²) in [7, 11) is 0. The summed E-state index contributed by atoms with van der Waals surface area (Å²) in [4.78, 5) is 26.4. The fraction of sp³-hybridized carbons (Fsp3) is 0.185. The molecule has 1 aliphatic rings. The third-order valence-electron chi connectivity index (χ3n) is 6.26. The van der Waals surface area contributed by atoms with E-state index in [9.17, 15) is 50.4 Å². The highest BCUT2D eigenvalue weighted by molar-refractivity contribution is 5.91. The number of hydrogen-bond donors (Lipinski definition) is 8. The fourth-order valence-electron chi connectivity index (χ4n) is 4.20. The number of phenolic OH excluding ortho intramolecular Hbond substituents is 6. The van der Waals surface area contributed by atoms with Crippen LogP contribution >= 0.6 is 0 Å². The zero-order valence-electron chi connectivity index (χ0n) is 20.7. The van der Waals surface area contributed by atoms with Crippen molar-refractivity contribution in [3.8, 4) is 51.6 Å². The quantitative estimate of drug-likeness (QED) is 0.125. The van der Waals surface area contributed by atoms with Crippen LogP contribution in [-0.2, 0) is 9.47 Å². The van der Waals surface area contributed by atoms with Crippen molar-refractivity contribution >= 4 is 16.9 Å². The average molecular weight is 570 g/mol. The molecule has 0 amide bonds. The molecule has 2 heterocycles. The number of fused-ring (bicyclic) bond motifs is 1. The van der Waals surface area contributed by atoms with Gasteiger partial charge < -0.3 is 59.5 Å². The van der Waals surface area contributed by atoms with Crippen LogP contribution in [0.2, 0.25) is 0 Å². The average Bonchev–Trinajstić information content (AvgIpc) is 2.92. The Morgan fingerprint density at radius 3 is 2.17 bits per heavy atom. The Labute approximate surface area is 228 Å². The lowest BCUT2D eigenvalue weighted by atomic mass is 10.0. The number of phenols is 6. The molecule has 1 fully saturated rings. The third-order valence-corrected chi connectivity index (χ3v) is 6.26. The summed E-state index contributed by atoms with van der Waals surface area (Å²) >= 11 is 0. The third kappa shape index (κ3) is 5.09. The van der Waals surface area contributed by atoms with Gasteiger partial charge in [0.05, 0.1) is 12.2 Å². The number of hydrogen-bond acceptors (Lipinski definition) is 14. The zero-order chi connectivity index (χ0) is 29.6. The number of aliphatic hydroxyl groups is 2. The van der Waals surface area contributed by atoms with Gasteiger partial charge >= 0.3 is 5.97 Å². The number of benzene rings is 3. The molecule has 5 rings (SSSR count). The first-order valence-corrected chi connectivity index (χ1v) is 11.9. The Hall–Kier alpha value is -5.18. The lowest BCUT2D eigenvalue weighted by Gasteiger charge is -2.37. The van der Waals surface area contributed by atoms with Gasteiger partial charge in [0.2, 0.25) is 17.5 Å². The number of ether oxygens (including phenoxy) is 3. The summed E-state index contributed by atoms with van der Waals surface area (Å²) in [6, 6.07) is 8.84. The Morgan fingerprint density at radius 1 is 0.854 bits per heavy atom. The van der Waals surface area contributed by atoms with Crippen LogP contribution in [0.3, 0.4) is 0 Å². The van der Waals surface area contributed by atoms with Crippen molar-refractivity contribution in [2.75, 3.05) is 6.61 Å². The molecule has 0 aliphatic carbocycles. The summed E-state index contributed by atoms with van der Waals surface area (Å²) in [5.74, 6) is -5.83. The van der Waals surface area contributed by atoms with Crippen LogP contribution in [0, 0.1) is 0 Å². The molecule has 4 atom stereocenters. The van der Waals surface area contributed by atoms with Gasteiger partial charge in [-0.2, -0.15) is 0 Å². The van der Waals surface area contributed by atoms with Gasteiger partial charge in [-0.25, -0.2) is 4.79 Å². The van der Waals surface area contributed by atoms with Crippen LogP contribution in [0.4, 0.5) is 0 Å². The number of rotatable bonds is 5. The minimum Gasteiger partial charge on any atom is -0.508 e. The zero-order valence-corrected chi connectivity index (χ0v) is 20.7. The summed E-state index contributed by atoms with van der Waals surface area (Å²) in [6.07, 6.45) is -6.94. The van der Waals surface area contributed by atoms with E-state index in [2.05, 4.69) is 0 Å². The number of aliphatic hydroxyl groups excluding tert-OH is 2. The van der Waals surface area contributed by atoms with E-state index in [4.69, 9.17) is 18.6 Å². The Morgan fingerprint density at radius 2 is 1.51 bits per heavy atom. The van der Waals surface area contributed by atoms with E-state index in [1.807, 2.05) is 0 Å². The van der Waals surface area contributed by atoms with Gasteiger partial charge in [0.15, 0.2) is 29.1 Å². The normalized spacial score (nSPS) is 20.5. The van der Waals surface area contributed by atoms with E-state index in [0.717, 1.165) is 24.3 Å². The highest BCUT2D eigenvalue weighted by atomic mass is 16.7. The molecular weight excluding hydrogens is 548 g/mol. The maximum Gasteiger partial charge on any atom is 0.339 e. The van der Waals surface area contributed by atoms with Crippen LogP contribution < -0.4 is 10.2 Å². The smallest absolute Gasteiger partial charge is 0.339 e. The van der Waals surface area contributed by atoms with Gasteiger partial charge in [-0.05, 0) is 36.4 Å². The second kappa shape index (κ2) is 10.4. The largest absolute Gasteiger partial charge is 0.508 e. The van der Waals surface area contributed by atoms with E-state index < -0.39 is 82.7 Å². The van der Waals surface area contributed by atoms with Crippen molar-refractivity contribution in [3.63, 3.8) is 0 Å². The van der Waals surface area contributed by atoms with Crippen molar-refractivity contribution in [1.29, 1.82) is 0 Å².